The van der Waals surface area contributed by atoms with E-state index in [-0.39, 0.29) is 16.5 Å². The summed E-state index contributed by atoms with van der Waals surface area (Å²) in [6.45, 7) is 0. The first kappa shape index (κ1) is 22.0. The van der Waals surface area contributed by atoms with Crippen molar-refractivity contribution >= 4 is 44.3 Å². The number of allylic oxidation sites excluding steroid dienone is 4. The van der Waals surface area contributed by atoms with Crippen LogP contribution in [0.4, 0.5) is 11.6 Å². The van der Waals surface area contributed by atoms with E-state index in [1.54, 1.807) is 11.0 Å². The Bertz CT molecular complexity index is 1460. The maximum absolute atomic E-state index is 13.2. The van der Waals surface area contributed by atoms with Gasteiger partial charge < -0.3 is 9.47 Å². The van der Waals surface area contributed by atoms with E-state index < -0.39 is 10.0 Å². The van der Waals surface area contributed by atoms with Crippen molar-refractivity contribution in [2.24, 2.45) is 0 Å². The molecule has 3 aromatic rings. The van der Waals surface area contributed by atoms with Crippen LogP contribution in [0.1, 0.15) is 12.8 Å². The molecule has 2 aliphatic rings. The van der Waals surface area contributed by atoms with E-state index in [0.717, 1.165) is 12.1 Å². The lowest BCUT2D eigenvalue weighted by molar-refractivity contribution is 0.250. The first-order valence-electron chi connectivity index (χ1n) is 10.4. The molecule has 1 aliphatic heterocycles. The lowest BCUT2D eigenvalue weighted by atomic mass is 10.1. The standard InChI is InChI=1S/C24H19ClN4O4S/c25-17-10-12-19(13-11-17)34(30,31)28-23-24(27-21-9-5-4-8-20(21)26-23)29(18-6-2-1-3-7-18)22-16-32-14-15-33-22/h1-2,4-6,8-16H,3,7H2,(H,26,28). The number of para-hydroxylation sites is 2. The Morgan fingerprint density at radius 3 is 2.44 bits per heavy atom. The van der Waals surface area contributed by atoms with E-state index in [9.17, 15) is 8.42 Å². The summed E-state index contributed by atoms with van der Waals surface area (Å²) in [5, 5.41) is 0.433. The summed E-state index contributed by atoms with van der Waals surface area (Å²) in [6.07, 6.45) is 11.6. The van der Waals surface area contributed by atoms with Gasteiger partial charge in [0.1, 0.15) is 12.5 Å². The number of ether oxygens (including phenoxy) is 2. The van der Waals surface area contributed by atoms with Crippen molar-refractivity contribution in [3.05, 3.63) is 102 Å². The highest BCUT2D eigenvalue weighted by Crippen LogP contribution is 2.35. The fourth-order valence-corrected chi connectivity index (χ4v) is 4.66. The van der Waals surface area contributed by atoms with Crippen LogP contribution in [0.25, 0.3) is 11.0 Å². The second kappa shape index (κ2) is 9.20. The average Bonchev–Trinajstić information content (AvgIpc) is 2.86. The zero-order valence-electron chi connectivity index (χ0n) is 17.8. The number of fused-ring (bicyclic) bond motifs is 1. The van der Waals surface area contributed by atoms with Gasteiger partial charge in [0.2, 0.25) is 5.88 Å². The molecule has 0 radical (unpaired) electrons. The zero-order chi connectivity index (χ0) is 23.5. The predicted molar refractivity (Wildman–Crippen MR) is 130 cm³/mol. The number of benzene rings is 2. The molecule has 10 heteroatoms. The molecule has 2 aromatic carbocycles. The van der Waals surface area contributed by atoms with Gasteiger partial charge in [-0.25, -0.2) is 18.4 Å². The molecular weight excluding hydrogens is 476 g/mol. The van der Waals surface area contributed by atoms with Gasteiger partial charge in [-0.05, 0) is 55.3 Å². The van der Waals surface area contributed by atoms with E-state index >= 15 is 0 Å². The van der Waals surface area contributed by atoms with Crippen molar-refractivity contribution in [2.75, 3.05) is 9.62 Å². The number of anilines is 2. The Labute approximate surface area is 201 Å². The van der Waals surface area contributed by atoms with Gasteiger partial charge in [0.15, 0.2) is 17.9 Å². The van der Waals surface area contributed by atoms with Crippen LogP contribution in [0.15, 0.2) is 102 Å². The quantitative estimate of drug-likeness (QED) is 0.487. The van der Waals surface area contributed by atoms with Crippen LogP contribution in [0.3, 0.4) is 0 Å². The van der Waals surface area contributed by atoms with Crippen LogP contribution in [0.5, 0.6) is 0 Å². The molecule has 172 valence electrons. The summed E-state index contributed by atoms with van der Waals surface area (Å²) in [5.41, 5.74) is 1.97. The molecule has 0 atom stereocenters. The van der Waals surface area contributed by atoms with Crippen LogP contribution in [0.2, 0.25) is 5.02 Å². The van der Waals surface area contributed by atoms with Crippen molar-refractivity contribution in [3.8, 4) is 0 Å². The summed E-state index contributed by atoms with van der Waals surface area (Å²) in [6, 6.07) is 13.1. The molecule has 0 saturated heterocycles. The van der Waals surface area contributed by atoms with E-state index in [0.29, 0.717) is 28.4 Å². The maximum Gasteiger partial charge on any atom is 0.263 e. The van der Waals surface area contributed by atoms with Gasteiger partial charge in [0.05, 0.1) is 15.9 Å². The Hall–Kier alpha value is -3.82. The topological polar surface area (TPSA) is 93.7 Å². The fourth-order valence-electron chi connectivity index (χ4n) is 3.53. The molecule has 8 nitrogen and oxygen atoms in total. The van der Waals surface area contributed by atoms with Crippen molar-refractivity contribution in [2.45, 2.75) is 17.7 Å². The van der Waals surface area contributed by atoms with E-state index in [2.05, 4.69) is 9.71 Å². The second-order valence-corrected chi connectivity index (χ2v) is 9.51. The van der Waals surface area contributed by atoms with Gasteiger partial charge >= 0.3 is 0 Å². The van der Waals surface area contributed by atoms with Gasteiger partial charge in [0, 0.05) is 10.7 Å². The normalized spacial score (nSPS) is 15.2. The third kappa shape index (κ3) is 4.48. The Kier molecular flexibility index (Phi) is 5.95. The number of aromatic nitrogens is 2. The Morgan fingerprint density at radius 2 is 1.76 bits per heavy atom. The van der Waals surface area contributed by atoms with Crippen LogP contribution in [-0.4, -0.2) is 18.4 Å². The largest absolute Gasteiger partial charge is 0.464 e. The molecule has 0 spiro atoms. The first-order valence-corrected chi connectivity index (χ1v) is 12.3. The number of rotatable bonds is 6. The summed E-state index contributed by atoms with van der Waals surface area (Å²) >= 11 is 5.93. The Balaban J connectivity index is 1.67. The summed E-state index contributed by atoms with van der Waals surface area (Å²) in [5.74, 6) is 0.617. The number of nitrogens with zero attached hydrogens (tertiary/aromatic N) is 3. The molecule has 0 saturated carbocycles. The maximum atomic E-state index is 13.2. The van der Waals surface area contributed by atoms with Gasteiger partial charge in [-0.1, -0.05) is 35.9 Å². The molecule has 34 heavy (non-hydrogen) atoms. The molecule has 1 aromatic heterocycles. The van der Waals surface area contributed by atoms with E-state index in [1.807, 2.05) is 36.4 Å². The van der Waals surface area contributed by atoms with Crippen molar-refractivity contribution in [3.63, 3.8) is 0 Å². The highest BCUT2D eigenvalue weighted by Gasteiger charge is 2.28. The summed E-state index contributed by atoms with van der Waals surface area (Å²) in [4.78, 5) is 11.1. The number of nitrogens with one attached hydrogen (secondary N) is 1. The number of sulfonamides is 1. The predicted octanol–water partition coefficient (Wildman–Crippen LogP) is 5.44. The molecule has 2 heterocycles. The second-order valence-electron chi connectivity index (χ2n) is 7.39. The van der Waals surface area contributed by atoms with Gasteiger partial charge in [-0.3, -0.25) is 9.62 Å². The highest BCUT2D eigenvalue weighted by atomic mass is 35.5. The van der Waals surface area contributed by atoms with Crippen molar-refractivity contribution in [1.29, 1.82) is 0 Å². The van der Waals surface area contributed by atoms with Gasteiger partial charge in [-0.2, -0.15) is 0 Å². The van der Waals surface area contributed by atoms with Gasteiger partial charge in [0.25, 0.3) is 10.0 Å². The first-order chi connectivity index (χ1) is 16.5. The van der Waals surface area contributed by atoms with Crippen LogP contribution >= 0.6 is 11.6 Å². The minimum absolute atomic E-state index is 0.0446. The molecular formula is C24H19ClN4O4S. The molecule has 1 aliphatic carbocycles. The van der Waals surface area contributed by atoms with Gasteiger partial charge in [-0.15, -0.1) is 0 Å². The summed E-state index contributed by atoms with van der Waals surface area (Å²) < 4.78 is 40.1. The fraction of sp³-hybridized carbons (Fsp3) is 0.0833. The van der Waals surface area contributed by atoms with Crippen LogP contribution in [-0.2, 0) is 19.5 Å². The SMILES string of the molecule is O=S(=O)(Nc1nc2ccccc2nc1N(C1=CC=CCC1)C1=COC=CO1)c1ccc(Cl)cc1. The number of hydrogen-bond donors (Lipinski definition) is 1. The lowest BCUT2D eigenvalue weighted by Crippen LogP contribution is -2.27. The monoisotopic (exact) mass is 494 g/mol. The zero-order valence-corrected chi connectivity index (χ0v) is 19.3. The third-order valence-corrected chi connectivity index (χ3v) is 6.72. The average molecular weight is 495 g/mol. The number of hydrogen-bond acceptors (Lipinski definition) is 7. The minimum Gasteiger partial charge on any atom is -0.464 e. The Morgan fingerprint density at radius 1 is 1.00 bits per heavy atom. The minimum atomic E-state index is -3.99. The molecule has 0 unspecified atom stereocenters. The summed E-state index contributed by atoms with van der Waals surface area (Å²) in [7, 11) is -3.99. The smallest absolute Gasteiger partial charge is 0.263 e. The molecule has 0 bridgehead atoms. The van der Waals surface area contributed by atoms with Crippen molar-refractivity contribution < 1.29 is 17.9 Å². The van der Waals surface area contributed by atoms with Crippen LogP contribution < -0.4 is 9.62 Å². The number of halogens is 1. The third-order valence-electron chi connectivity index (χ3n) is 5.11. The lowest BCUT2D eigenvalue weighted by Gasteiger charge is -2.30. The van der Waals surface area contributed by atoms with E-state index in [1.165, 1.54) is 43.1 Å². The van der Waals surface area contributed by atoms with Crippen LogP contribution in [0, 0.1) is 0 Å². The molecule has 0 fully saturated rings. The highest BCUT2D eigenvalue weighted by molar-refractivity contribution is 7.92. The van der Waals surface area contributed by atoms with Crippen molar-refractivity contribution in [1.82, 2.24) is 9.97 Å². The molecule has 5 rings (SSSR count). The molecule has 0 amide bonds. The molecule has 1 N–H and O–H groups in total. The van der Waals surface area contributed by atoms with E-state index in [4.69, 9.17) is 26.1 Å².